The number of carbonyl (C=O) groups is 1. The van der Waals surface area contributed by atoms with E-state index in [0.717, 1.165) is 50.4 Å². The topological polar surface area (TPSA) is 79.2 Å². The molecule has 1 unspecified atom stereocenters. The Kier molecular flexibility index (Phi) is 8.23. The number of fused-ring (bicyclic) bond motifs is 1. The average molecular weight is 550 g/mol. The van der Waals surface area contributed by atoms with Crippen LogP contribution in [0.4, 0.5) is 5.82 Å². The van der Waals surface area contributed by atoms with Crippen molar-refractivity contribution in [2.45, 2.75) is 26.3 Å². The van der Waals surface area contributed by atoms with Crippen LogP contribution in [0.25, 0.3) is 11.7 Å². The lowest BCUT2D eigenvalue weighted by atomic mass is 10.1. The molecule has 1 amide bonds. The highest BCUT2D eigenvalue weighted by molar-refractivity contribution is 8.26. The van der Waals surface area contributed by atoms with E-state index in [-0.39, 0.29) is 17.5 Å². The molecule has 0 radical (unpaired) electrons. The average Bonchev–Trinajstić information content (AvgIpc) is 3.22. The SMILES string of the molecule is Cc1cccn2c(=O)c(/C=C3\SC(=S)N(C(C)c4ccccc4)C3=O)c(NCCCN3CCOCC3)nc12. The van der Waals surface area contributed by atoms with Crippen LogP contribution in [0.3, 0.4) is 0 Å². The molecule has 2 aromatic heterocycles. The number of pyridine rings is 1. The Hall–Kier alpha value is -3.05. The molecule has 0 aliphatic carbocycles. The summed E-state index contributed by atoms with van der Waals surface area (Å²) in [5, 5.41) is 3.38. The van der Waals surface area contributed by atoms with Gasteiger partial charge in [-0.2, -0.15) is 0 Å². The van der Waals surface area contributed by atoms with E-state index in [4.69, 9.17) is 21.9 Å². The van der Waals surface area contributed by atoms with Crippen LogP contribution in [0, 0.1) is 6.92 Å². The molecule has 38 heavy (non-hydrogen) atoms. The lowest BCUT2D eigenvalue weighted by molar-refractivity contribution is -0.123. The van der Waals surface area contributed by atoms with Crippen LogP contribution in [0.1, 0.15) is 36.1 Å². The molecule has 2 fully saturated rings. The van der Waals surface area contributed by atoms with Gasteiger partial charge in [-0.25, -0.2) is 4.98 Å². The van der Waals surface area contributed by atoms with E-state index < -0.39 is 0 Å². The number of nitrogens with zero attached hydrogens (tertiary/aromatic N) is 4. The van der Waals surface area contributed by atoms with Crippen molar-refractivity contribution in [2.24, 2.45) is 0 Å². The second kappa shape index (κ2) is 11.8. The summed E-state index contributed by atoms with van der Waals surface area (Å²) >= 11 is 6.81. The van der Waals surface area contributed by atoms with Gasteiger partial charge in [0.05, 0.1) is 29.7 Å². The van der Waals surface area contributed by atoms with Gasteiger partial charge in [0, 0.05) is 25.8 Å². The van der Waals surface area contributed by atoms with Crippen LogP contribution in [0.2, 0.25) is 0 Å². The lowest BCUT2D eigenvalue weighted by Gasteiger charge is -2.26. The number of rotatable bonds is 8. The molecule has 198 valence electrons. The van der Waals surface area contributed by atoms with Gasteiger partial charge in [0.1, 0.15) is 15.8 Å². The fourth-order valence-corrected chi connectivity index (χ4v) is 6.14. The summed E-state index contributed by atoms with van der Waals surface area (Å²) in [6, 6.07) is 13.3. The number of morpholine rings is 1. The van der Waals surface area contributed by atoms with Crippen LogP contribution >= 0.6 is 24.0 Å². The second-order valence-corrected chi connectivity index (χ2v) is 11.1. The van der Waals surface area contributed by atoms with Crippen molar-refractivity contribution in [1.29, 1.82) is 0 Å². The highest BCUT2D eigenvalue weighted by Crippen LogP contribution is 2.38. The van der Waals surface area contributed by atoms with Crippen molar-refractivity contribution in [2.75, 3.05) is 44.7 Å². The van der Waals surface area contributed by atoms with E-state index in [9.17, 15) is 9.59 Å². The maximum Gasteiger partial charge on any atom is 0.267 e. The first-order valence-corrected chi connectivity index (χ1v) is 14.0. The van der Waals surface area contributed by atoms with E-state index in [1.54, 1.807) is 17.2 Å². The van der Waals surface area contributed by atoms with Crippen molar-refractivity contribution in [3.8, 4) is 0 Å². The Labute approximate surface area is 231 Å². The Morgan fingerprint density at radius 1 is 1.16 bits per heavy atom. The highest BCUT2D eigenvalue weighted by atomic mass is 32.2. The number of thiocarbonyl (C=S) groups is 1. The Balaban J connectivity index is 1.44. The fraction of sp³-hybridized carbons (Fsp3) is 0.357. The number of thioether (sulfide) groups is 1. The van der Waals surface area contributed by atoms with Crippen molar-refractivity contribution in [3.05, 3.63) is 80.6 Å². The number of benzene rings is 1. The molecule has 0 saturated carbocycles. The molecule has 2 saturated heterocycles. The maximum absolute atomic E-state index is 13.6. The summed E-state index contributed by atoms with van der Waals surface area (Å²) in [5.41, 5.74) is 2.62. The molecule has 2 aliphatic rings. The summed E-state index contributed by atoms with van der Waals surface area (Å²) in [7, 11) is 0. The third-order valence-corrected chi connectivity index (χ3v) is 8.23. The predicted octanol–water partition coefficient (Wildman–Crippen LogP) is 4.10. The van der Waals surface area contributed by atoms with Crippen LogP contribution in [0.15, 0.2) is 58.4 Å². The van der Waals surface area contributed by atoms with Gasteiger partial charge >= 0.3 is 0 Å². The molecule has 0 spiro atoms. The Morgan fingerprint density at radius 2 is 1.92 bits per heavy atom. The predicted molar refractivity (Wildman–Crippen MR) is 156 cm³/mol. The van der Waals surface area contributed by atoms with Gasteiger partial charge in [-0.05, 0) is 50.1 Å². The molecule has 2 aliphatic heterocycles. The molecule has 8 nitrogen and oxygen atoms in total. The Morgan fingerprint density at radius 3 is 2.68 bits per heavy atom. The van der Waals surface area contributed by atoms with Crippen molar-refractivity contribution in [3.63, 3.8) is 0 Å². The van der Waals surface area contributed by atoms with Crippen molar-refractivity contribution in [1.82, 2.24) is 19.2 Å². The smallest absolute Gasteiger partial charge is 0.267 e. The van der Waals surface area contributed by atoms with Gasteiger partial charge in [-0.15, -0.1) is 0 Å². The minimum Gasteiger partial charge on any atom is -0.379 e. The number of aryl methyl sites for hydroxylation is 1. The van der Waals surface area contributed by atoms with E-state index in [0.29, 0.717) is 32.8 Å². The molecule has 5 rings (SSSR count). The van der Waals surface area contributed by atoms with Crippen LogP contribution in [-0.4, -0.2) is 68.8 Å². The third kappa shape index (κ3) is 5.54. The molecular formula is C28H31N5O3S2. The summed E-state index contributed by atoms with van der Waals surface area (Å²) in [5.74, 6) is 0.274. The zero-order chi connectivity index (χ0) is 26.6. The summed E-state index contributed by atoms with van der Waals surface area (Å²) in [6.07, 6.45) is 4.25. The molecule has 1 atom stereocenters. The number of hydrogen-bond acceptors (Lipinski definition) is 8. The van der Waals surface area contributed by atoms with E-state index in [1.165, 1.54) is 16.2 Å². The van der Waals surface area contributed by atoms with Gasteiger partial charge in [-0.3, -0.25) is 23.8 Å². The zero-order valence-electron chi connectivity index (χ0n) is 21.6. The number of nitrogens with one attached hydrogen (secondary N) is 1. The molecule has 1 N–H and O–H groups in total. The van der Waals surface area contributed by atoms with Gasteiger partial charge in [0.2, 0.25) is 0 Å². The zero-order valence-corrected chi connectivity index (χ0v) is 23.2. The van der Waals surface area contributed by atoms with Crippen LogP contribution in [-0.2, 0) is 9.53 Å². The number of amides is 1. The first kappa shape index (κ1) is 26.6. The monoisotopic (exact) mass is 549 g/mol. The number of aromatic nitrogens is 2. The summed E-state index contributed by atoms with van der Waals surface area (Å²) < 4.78 is 7.44. The summed E-state index contributed by atoms with van der Waals surface area (Å²) in [4.78, 5) is 36.4. The molecular weight excluding hydrogens is 518 g/mol. The number of hydrogen-bond donors (Lipinski definition) is 1. The van der Waals surface area contributed by atoms with Crippen molar-refractivity contribution >= 4 is 51.7 Å². The third-order valence-electron chi connectivity index (χ3n) is 6.90. The maximum atomic E-state index is 13.6. The minimum absolute atomic E-state index is 0.205. The number of anilines is 1. The number of carbonyl (C=O) groups excluding carboxylic acids is 1. The first-order valence-electron chi connectivity index (χ1n) is 12.8. The molecule has 1 aromatic carbocycles. The Bertz CT molecular complexity index is 1430. The molecule has 4 heterocycles. The largest absolute Gasteiger partial charge is 0.379 e. The standard InChI is InChI=1S/C28H31N5O3S2/c1-19-8-6-13-32-25(19)30-24(29-11-7-12-31-14-16-36-17-15-31)22(26(32)34)18-23-27(35)33(28(37)38-23)20(2)21-9-4-3-5-10-21/h3-6,8-10,13,18,20,29H,7,11-12,14-17H2,1-2H3/b23-18-. The van der Waals surface area contributed by atoms with Gasteiger partial charge in [0.25, 0.3) is 11.5 Å². The minimum atomic E-state index is -0.226. The quantitative estimate of drug-likeness (QED) is 0.256. The first-order chi connectivity index (χ1) is 18.4. The van der Waals surface area contributed by atoms with Gasteiger partial charge < -0.3 is 10.1 Å². The molecule has 10 heteroatoms. The van der Waals surface area contributed by atoms with E-state index in [1.807, 2.05) is 56.3 Å². The molecule has 3 aromatic rings. The van der Waals surface area contributed by atoms with Gasteiger partial charge in [0.15, 0.2) is 0 Å². The lowest BCUT2D eigenvalue weighted by Crippen LogP contribution is -2.37. The molecule has 0 bridgehead atoms. The van der Waals surface area contributed by atoms with Crippen molar-refractivity contribution < 1.29 is 9.53 Å². The summed E-state index contributed by atoms with van der Waals surface area (Å²) in [6.45, 7) is 8.87. The van der Waals surface area contributed by atoms with E-state index in [2.05, 4.69) is 10.2 Å². The van der Waals surface area contributed by atoms with Gasteiger partial charge in [-0.1, -0.05) is 60.4 Å². The fourth-order valence-electron chi connectivity index (χ4n) is 4.74. The van der Waals surface area contributed by atoms with Crippen LogP contribution < -0.4 is 10.9 Å². The second-order valence-electron chi connectivity index (χ2n) is 9.44. The normalized spacial score (nSPS) is 18.5. The van der Waals surface area contributed by atoms with Crippen LogP contribution in [0.5, 0.6) is 0 Å². The number of ether oxygens (including phenoxy) is 1. The highest BCUT2D eigenvalue weighted by Gasteiger charge is 2.36. The van der Waals surface area contributed by atoms with E-state index >= 15 is 0 Å².